The van der Waals surface area contributed by atoms with E-state index in [1.165, 1.54) is 19.9 Å². The molecule has 0 unspecified atom stereocenters. The molecule has 3 heterocycles. The molecular formula is C19H20F3N5O3. The fraction of sp³-hybridized carbons (Fsp3) is 0.368. The van der Waals surface area contributed by atoms with E-state index in [-0.39, 0.29) is 5.69 Å². The van der Waals surface area contributed by atoms with Crippen LogP contribution in [-0.4, -0.2) is 32.8 Å². The van der Waals surface area contributed by atoms with Crippen molar-refractivity contribution in [3.8, 4) is 17.3 Å². The molecule has 0 fully saturated rings. The minimum absolute atomic E-state index is 0.271. The van der Waals surface area contributed by atoms with Crippen LogP contribution in [0.1, 0.15) is 40.5 Å². The molecule has 0 spiro atoms. The van der Waals surface area contributed by atoms with Crippen LogP contribution in [0.3, 0.4) is 0 Å². The molecule has 30 heavy (non-hydrogen) atoms. The predicted molar refractivity (Wildman–Crippen MR) is 99.7 cm³/mol. The number of alkyl halides is 3. The molecule has 4 rings (SSSR count). The molecule has 1 aliphatic rings. The van der Waals surface area contributed by atoms with Crippen molar-refractivity contribution in [1.82, 2.24) is 19.7 Å². The maximum atomic E-state index is 12.0. The van der Waals surface area contributed by atoms with Crippen molar-refractivity contribution >= 4 is 5.91 Å². The number of aryl methyl sites for hydroxylation is 3. The number of carbonyl (C=O) groups is 1. The third-order valence-corrected chi connectivity index (χ3v) is 4.46. The first kappa shape index (κ1) is 21.3. The Morgan fingerprint density at radius 1 is 1.27 bits per heavy atom. The van der Waals surface area contributed by atoms with Crippen LogP contribution in [0.15, 0.2) is 28.8 Å². The van der Waals surface area contributed by atoms with Crippen molar-refractivity contribution in [1.29, 1.82) is 0 Å². The number of nitrogens with zero attached hydrogens (tertiary/aromatic N) is 4. The van der Waals surface area contributed by atoms with Crippen LogP contribution in [0.2, 0.25) is 0 Å². The third kappa shape index (κ3) is 4.78. The molecule has 0 radical (unpaired) electrons. The van der Waals surface area contributed by atoms with Gasteiger partial charge in [-0.25, -0.2) is 9.97 Å². The van der Waals surface area contributed by atoms with Crippen molar-refractivity contribution in [3.05, 3.63) is 47.2 Å². The van der Waals surface area contributed by atoms with Crippen molar-refractivity contribution in [2.24, 2.45) is 12.8 Å². The number of nitrogens with two attached hydrogens (primary N) is 1. The molecule has 1 aliphatic carbocycles. The lowest BCUT2D eigenvalue weighted by molar-refractivity contribution is -0.141. The Kier molecular flexibility index (Phi) is 6.09. The molecular weight excluding hydrogens is 403 g/mol. The molecule has 3 aromatic heterocycles. The van der Waals surface area contributed by atoms with E-state index in [1.807, 2.05) is 12.1 Å². The average molecular weight is 423 g/mol. The van der Waals surface area contributed by atoms with Gasteiger partial charge in [0.05, 0.1) is 12.8 Å². The van der Waals surface area contributed by atoms with Gasteiger partial charge in [0.15, 0.2) is 5.69 Å². The first-order chi connectivity index (χ1) is 14.2. The van der Waals surface area contributed by atoms with E-state index in [4.69, 9.17) is 14.9 Å². The zero-order valence-corrected chi connectivity index (χ0v) is 16.4. The second-order valence-corrected chi connectivity index (χ2v) is 6.58. The number of oxazole rings is 1. The largest absolute Gasteiger partial charge is 0.481 e. The molecule has 0 saturated heterocycles. The summed E-state index contributed by atoms with van der Waals surface area (Å²) in [5, 5.41) is 3.09. The standard InChI is InChI=1S/C13H14N2O2.C6H6F3N3O/c1-16-12-8-9(6-7-14-12)13-15-10-4-2-3-5-11(10)17-13;1-12-3(5(10)13)2-4(11-12)6(7,8)9/h6-8H,2-5H2,1H3;2H,1H3,(H2,10,13). The predicted octanol–water partition coefficient (Wildman–Crippen LogP) is 3.16. The minimum Gasteiger partial charge on any atom is -0.481 e. The van der Waals surface area contributed by atoms with Crippen molar-refractivity contribution in [2.45, 2.75) is 31.9 Å². The molecule has 160 valence electrons. The van der Waals surface area contributed by atoms with Gasteiger partial charge in [0.25, 0.3) is 5.91 Å². The van der Waals surface area contributed by atoms with Crippen molar-refractivity contribution in [3.63, 3.8) is 0 Å². The zero-order chi connectivity index (χ0) is 21.9. The molecule has 11 heteroatoms. The Morgan fingerprint density at radius 2 is 2.00 bits per heavy atom. The highest BCUT2D eigenvalue weighted by molar-refractivity contribution is 5.91. The van der Waals surface area contributed by atoms with E-state index in [0.717, 1.165) is 34.5 Å². The van der Waals surface area contributed by atoms with Gasteiger partial charge < -0.3 is 14.9 Å². The summed E-state index contributed by atoms with van der Waals surface area (Å²) in [6.07, 6.45) is 1.59. The van der Waals surface area contributed by atoms with Gasteiger partial charge >= 0.3 is 6.18 Å². The highest BCUT2D eigenvalue weighted by Gasteiger charge is 2.35. The van der Waals surface area contributed by atoms with Crippen LogP contribution in [0.5, 0.6) is 5.88 Å². The van der Waals surface area contributed by atoms with Gasteiger partial charge in [0.1, 0.15) is 11.5 Å². The zero-order valence-electron chi connectivity index (χ0n) is 16.4. The Morgan fingerprint density at radius 3 is 2.57 bits per heavy atom. The summed E-state index contributed by atoms with van der Waals surface area (Å²) in [6.45, 7) is 0. The second kappa shape index (κ2) is 8.56. The third-order valence-electron chi connectivity index (χ3n) is 4.46. The summed E-state index contributed by atoms with van der Waals surface area (Å²) in [5.74, 6) is 1.36. The Labute approximate surface area is 169 Å². The van der Waals surface area contributed by atoms with E-state index in [1.54, 1.807) is 13.3 Å². The van der Waals surface area contributed by atoms with E-state index in [0.29, 0.717) is 17.8 Å². The Bertz CT molecular complexity index is 1020. The first-order valence-electron chi connectivity index (χ1n) is 9.09. The number of pyridine rings is 1. The summed E-state index contributed by atoms with van der Waals surface area (Å²) >= 11 is 0. The number of methoxy groups -OCH3 is 1. The van der Waals surface area contributed by atoms with Gasteiger partial charge in [-0.3, -0.25) is 9.48 Å². The number of carbonyl (C=O) groups excluding carboxylic acids is 1. The number of rotatable bonds is 3. The fourth-order valence-corrected chi connectivity index (χ4v) is 2.97. The van der Waals surface area contributed by atoms with Gasteiger partial charge in [0, 0.05) is 37.4 Å². The lowest BCUT2D eigenvalue weighted by atomic mass is 10.0. The maximum absolute atomic E-state index is 12.0. The lowest BCUT2D eigenvalue weighted by Crippen LogP contribution is -2.15. The molecule has 3 aromatic rings. The van der Waals surface area contributed by atoms with E-state index >= 15 is 0 Å². The number of hydrogen-bond donors (Lipinski definition) is 1. The van der Waals surface area contributed by atoms with Gasteiger partial charge in [-0.05, 0) is 25.3 Å². The van der Waals surface area contributed by atoms with Crippen molar-refractivity contribution in [2.75, 3.05) is 7.11 Å². The fourth-order valence-electron chi connectivity index (χ4n) is 2.97. The quantitative estimate of drug-likeness (QED) is 0.693. The van der Waals surface area contributed by atoms with Gasteiger partial charge in [-0.2, -0.15) is 18.3 Å². The summed E-state index contributed by atoms with van der Waals surface area (Å²) in [4.78, 5) is 19.2. The van der Waals surface area contributed by atoms with Crippen LogP contribution in [0.4, 0.5) is 13.2 Å². The topological polar surface area (TPSA) is 109 Å². The van der Waals surface area contributed by atoms with Crippen LogP contribution in [-0.2, 0) is 26.1 Å². The number of hydrogen-bond acceptors (Lipinski definition) is 6. The van der Waals surface area contributed by atoms with Gasteiger partial charge in [-0.15, -0.1) is 0 Å². The number of halogens is 3. The number of fused-ring (bicyclic) bond motifs is 1. The Balaban J connectivity index is 0.000000178. The molecule has 1 amide bonds. The average Bonchev–Trinajstić information content (AvgIpc) is 3.32. The molecule has 0 aliphatic heterocycles. The lowest BCUT2D eigenvalue weighted by Gasteiger charge is -2.05. The smallest absolute Gasteiger partial charge is 0.435 e. The van der Waals surface area contributed by atoms with Crippen LogP contribution < -0.4 is 10.5 Å². The summed E-state index contributed by atoms with van der Waals surface area (Å²) < 4.78 is 47.7. The molecule has 8 nitrogen and oxygen atoms in total. The van der Waals surface area contributed by atoms with Gasteiger partial charge in [-0.1, -0.05) is 0 Å². The Hall–Kier alpha value is -3.37. The number of amides is 1. The number of ether oxygens (including phenoxy) is 1. The molecule has 0 atom stereocenters. The van der Waals surface area contributed by atoms with E-state index in [2.05, 4.69) is 15.1 Å². The highest BCUT2D eigenvalue weighted by atomic mass is 19.4. The van der Waals surface area contributed by atoms with Crippen LogP contribution in [0, 0.1) is 0 Å². The van der Waals surface area contributed by atoms with Crippen LogP contribution >= 0.6 is 0 Å². The molecule has 0 saturated carbocycles. The summed E-state index contributed by atoms with van der Waals surface area (Å²) in [7, 11) is 2.82. The van der Waals surface area contributed by atoms with E-state index in [9.17, 15) is 18.0 Å². The number of primary amides is 1. The summed E-state index contributed by atoms with van der Waals surface area (Å²) in [5.41, 5.74) is 5.45. The summed E-state index contributed by atoms with van der Waals surface area (Å²) in [6, 6.07) is 4.35. The normalized spacial score (nSPS) is 13.2. The maximum Gasteiger partial charge on any atom is 0.435 e. The monoisotopic (exact) mass is 423 g/mol. The molecule has 0 bridgehead atoms. The molecule has 0 aromatic carbocycles. The SMILES string of the molecule is COc1cc(-c2nc3c(o2)CCCC3)ccn1.Cn1nc(C(F)(F)F)cc1C(N)=O. The minimum atomic E-state index is -4.55. The van der Waals surface area contributed by atoms with E-state index < -0.39 is 17.8 Å². The molecule has 2 N–H and O–H groups in total. The van der Waals surface area contributed by atoms with Gasteiger partial charge in [0.2, 0.25) is 11.8 Å². The first-order valence-corrected chi connectivity index (χ1v) is 9.09. The van der Waals surface area contributed by atoms with Crippen LogP contribution in [0.25, 0.3) is 11.5 Å². The van der Waals surface area contributed by atoms with Crippen molar-refractivity contribution < 1.29 is 27.1 Å². The highest BCUT2D eigenvalue weighted by Crippen LogP contribution is 2.29. The number of aromatic nitrogens is 4. The second-order valence-electron chi connectivity index (χ2n) is 6.58.